The minimum absolute atomic E-state index is 0.728. The van der Waals surface area contributed by atoms with Crippen LogP contribution >= 0.6 is 11.9 Å². The van der Waals surface area contributed by atoms with Crippen molar-refractivity contribution < 1.29 is 0 Å². The van der Waals surface area contributed by atoms with Gasteiger partial charge in [0.15, 0.2) is 0 Å². The van der Waals surface area contributed by atoms with Gasteiger partial charge in [0.1, 0.15) is 5.84 Å². The maximum absolute atomic E-state index is 6.10. The van der Waals surface area contributed by atoms with E-state index in [2.05, 4.69) is 21.5 Å². The van der Waals surface area contributed by atoms with E-state index in [-0.39, 0.29) is 0 Å². The van der Waals surface area contributed by atoms with Crippen LogP contribution in [-0.4, -0.2) is 10.8 Å². The summed E-state index contributed by atoms with van der Waals surface area (Å²) in [5.74, 6) is 6.95. The Labute approximate surface area is 110 Å². The third-order valence-electron chi connectivity index (χ3n) is 2.75. The molecule has 1 aliphatic rings. The van der Waals surface area contributed by atoms with Crippen LogP contribution in [0.25, 0.3) is 0 Å². The first-order valence-electron chi connectivity index (χ1n) is 5.61. The second-order valence-corrected chi connectivity index (χ2v) is 4.78. The number of hydrogen-bond acceptors (Lipinski definition) is 5. The van der Waals surface area contributed by atoms with Gasteiger partial charge in [-0.1, -0.05) is 30.3 Å². The molecule has 2 aromatic rings. The van der Waals surface area contributed by atoms with Crippen LogP contribution in [0.2, 0.25) is 0 Å². The van der Waals surface area contributed by atoms with Gasteiger partial charge in [0.2, 0.25) is 0 Å². The smallest absolute Gasteiger partial charge is 0.136 e. The van der Waals surface area contributed by atoms with Crippen molar-refractivity contribution in [2.24, 2.45) is 10.2 Å². The molecule has 5 heteroatoms. The SMILES string of the molecule is NN1C(Cc2ccccc2)=NSc2cnccc21. The van der Waals surface area contributed by atoms with E-state index in [9.17, 15) is 0 Å². The van der Waals surface area contributed by atoms with Crippen LogP contribution in [0.15, 0.2) is 58.1 Å². The number of nitrogens with two attached hydrogens (primary N) is 1. The first kappa shape index (κ1) is 11.3. The quantitative estimate of drug-likeness (QED) is 0.662. The van der Waals surface area contributed by atoms with Gasteiger partial charge in [0, 0.05) is 30.8 Å². The number of nitrogens with zero attached hydrogens (tertiary/aromatic N) is 3. The molecule has 4 nitrogen and oxygen atoms in total. The number of rotatable bonds is 2. The van der Waals surface area contributed by atoms with E-state index in [4.69, 9.17) is 5.84 Å². The molecule has 0 unspecified atom stereocenters. The number of benzene rings is 1. The van der Waals surface area contributed by atoms with Crippen molar-refractivity contribution >= 4 is 23.5 Å². The number of fused-ring (bicyclic) bond motifs is 1. The monoisotopic (exact) mass is 256 g/mol. The summed E-state index contributed by atoms with van der Waals surface area (Å²) in [5.41, 5.74) is 2.15. The Morgan fingerprint density at radius 2 is 2.00 bits per heavy atom. The zero-order valence-electron chi connectivity index (χ0n) is 9.65. The summed E-state index contributed by atoms with van der Waals surface area (Å²) in [7, 11) is 0. The Morgan fingerprint density at radius 3 is 2.83 bits per heavy atom. The highest BCUT2D eigenvalue weighted by molar-refractivity contribution is 7.98. The van der Waals surface area contributed by atoms with Gasteiger partial charge in [-0.3, -0.25) is 9.99 Å². The molecule has 0 radical (unpaired) electrons. The summed E-state index contributed by atoms with van der Waals surface area (Å²) in [4.78, 5) is 5.05. The Morgan fingerprint density at radius 1 is 1.17 bits per heavy atom. The zero-order chi connectivity index (χ0) is 12.4. The van der Waals surface area contributed by atoms with Gasteiger partial charge in [-0.05, 0) is 11.6 Å². The van der Waals surface area contributed by atoms with Crippen molar-refractivity contribution in [3.05, 3.63) is 54.4 Å². The van der Waals surface area contributed by atoms with Crippen LogP contribution in [0.1, 0.15) is 5.56 Å². The molecule has 2 heterocycles. The highest BCUT2D eigenvalue weighted by Gasteiger charge is 2.19. The fourth-order valence-corrected chi connectivity index (χ4v) is 2.55. The second-order valence-electron chi connectivity index (χ2n) is 3.97. The molecule has 2 N–H and O–H groups in total. The van der Waals surface area contributed by atoms with Crippen molar-refractivity contribution in [1.82, 2.24) is 4.98 Å². The standard InChI is InChI=1S/C13H12N4S/c14-17-11-6-7-15-9-12(11)18-16-13(17)8-10-4-2-1-3-5-10/h1-7,9H,8,14H2. The minimum Gasteiger partial charge on any atom is -0.264 e. The van der Waals surface area contributed by atoms with Crippen LogP contribution in [0.4, 0.5) is 5.69 Å². The summed E-state index contributed by atoms with van der Waals surface area (Å²) in [5, 5.41) is 1.64. The van der Waals surface area contributed by atoms with E-state index in [1.807, 2.05) is 24.3 Å². The van der Waals surface area contributed by atoms with Gasteiger partial charge in [0.25, 0.3) is 0 Å². The summed E-state index contributed by atoms with van der Waals surface area (Å²) in [6.07, 6.45) is 4.25. The second kappa shape index (κ2) is 4.80. The van der Waals surface area contributed by atoms with Gasteiger partial charge < -0.3 is 0 Å². The van der Waals surface area contributed by atoms with Crippen molar-refractivity contribution in [3.8, 4) is 0 Å². The van der Waals surface area contributed by atoms with Crippen LogP contribution in [0.5, 0.6) is 0 Å². The fraction of sp³-hybridized carbons (Fsp3) is 0.0769. The average molecular weight is 256 g/mol. The zero-order valence-corrected chi connectivity index (χ0v) is 10.5. The first-order valence-corrected chi connectivity index (χ1v) is 6.38. The lowest BCUT2D eigenvalue weighted by molar-refractivity contribution is 1.04. The van der Waals surface area contributed by atoms with Gasteiger partial charge in [0.05, 0.1) is 10.6 Å². The van der Waals surface area contributed by atoms with E-state index in [1.54, 1.807) is 17.4 Å². The molecule has 0 spiro atoms. The van der Waals surface area contributed by atoms with Crippen molar-refractivity contribution in [2.75, 3.05) is 5.01 Å². The topological polar surface area (TPSA) is 54.5 Å². The molecule has 0 atom stereocenters. The molecule has 1 aromatic heterocycles. The Kier molecular flexibility index (Phi) is 3.00. The fourth-order valence-electron chi connectivity index (χ4n) is 1.82. The number of anilines is 1. The number of hydrogen-bond donors (Lipinski definition) is 1. The molecule has 90 valence electrons. The van der Waals surface area contributed by atoms with Gasteiger partial charge >= 0.3 is 0 Å². The Balaban J connectivity index is 1.86. The number of hydrazine groups is 1. The van der Waals surface area contributed by atoms with Gasteiger partial charge in [-0.2, -0.15) is 4.40 Å². The molecule has 1 aromatic carbocycles. The average Bonchev–Trinajstić information content (AvgIpc) is 2.43. The van der Waals surface area contributed by atoms with E-state index < -0.39 is 0 Å². The Hall–Kier alpha value is -1.85. The normalized spacial score (nSPS) is 14.1. The van der Waals surface area contributed by atoms with Crippen molar-refractivity contribution in [1.29, 1.82) is 0 Å². The molecule has 0 fully saturated rings. The summed E-state index contributed by atoms with van der Waals surface area (Å²) in [6, 6.07) is 12.1. The van der Waals surface area contributed by atoms with E-state index in [0.717, 1.165) is 22.8 Å². The van der Waals surface area contributed by atoms with Crippen molar-refractivity contribution in [2.45, 2.75) is 11.3 Å². The third kappa shape index (κ3) is 2.10. The predicted octanol–water partition coefficient (Wildman–Crippen LogP) is 2.42. The molecular weight excluding hydrogens is 244 g/mol. The van der Waals surface area contributed by atoms with Crippen LogP contribution in [0.3, 0.4) is 0 Å². The summed E-state index contributed by atoms with van der Waals surface area (Å²) >= 11 is 1.42. The van der Waals surface area contributed by atoms with E-state index >= 15 is 0 Å². The summed E-state index contributed by atoms with van der Waals surface area (Å²) < 4.78 is 4.44. The third-order valence-corrected chi connectivity index (χ3v) is 3.57. The van der Waals surface area contributed by atoms with Gasteiger partial charge in [-0.15, -0.1) is 0 Å². The molecule has 18 heavy (non-hydrogen) atoms. The van der Waals surface area contributed by atoms with Gasteiger partial charge in [-0.25, -0.2) is 5.84 Å². The molecule has 3 rings (SSSR count). The highest BCUT2D eigenvalue weighted by atomic mass is 32.2. The molecule has 0 saturated carbocycles. The summed E-state index contributed by atoms with van der Waals surface area (Å²) in [6.45, 7) is 0. The lowest BCUT2D eigenvalue weighted by Crippen LogP contribution is -2.40. The number of pyridine rings is 1. The number of aromatic nitrogens is 1. The lowest BCUT2D eigenvalue weighted by Gasteiger charge is -2.25. The minimum atomic E-state index is 0.728. The van der Waals surface area contributed by atoms with Crippen molar-refractivity contribution in [3.63, 3.8) is 0 Å². The molecular formula is C13H12N4S. The molecule has 0 aliphatic carbocycles. The largest absolute Gasteiger partial charge is 0.264 e. The maximum atomic E-state index is 6.10. The van der Waals surface area contributed by atoms with E-state index in [1.165, 1.54) is 17.5 Å². The predicted molar refractivity (Wildman–Crippen MR) is 74.3 cm³/mol. The van der Waals surface area contributed by atoms with Crippen LogP contribution in [-0.2, 0) is 6.42 Å². The number of amidine groups is 1. The Bertz CT molecular complexity index is 583. The highest BCUT2D eigenvalue weighted by Crippen LogP contribution is 2.33. The molecule has 0 saturated heterocycles. The van der Waals surface area contributed by atoms with Crippen LogP contribution < -0.4 is 10.9 Å². The van der Waals surface area contributed by atoms with Crippen LogP contribution in [0, 0.1) is 0 Å². The first-order chi connectivity index (χ1) is 8.84. The lowest BCUT2D eigenvalue weighted by atomic mass is 10.1. The van der Waals surface area contributed by atoms with E-state index in [0.29, 0.717) is 0 Å². The molecule has 0 amide bonds. The molecule has 0 bridgehead atoms. The maximum Gasteiger partial charge on any atom is 0.136 e. The molecule has 1 aliphatic heterocycles.